The first kappa shape index (κ1) is 21.7. The van der Waals surface area contributed by atoms with Crippen LogP contribution in [-0.4, -0.2) is 28.6 Å². The minimum Gasteiger partial charge on any atom is -0.351 e. The summed E-state index contributed by atoms with van der Waals surface area (Å²) in [6.45, 7) is 0.303. The van der Waals surface area contributed by atoms with Crippen molar-refractivity contribution in [1.82, 2.24) is 10.2 Å². The summed E-state index contributed by atoms with van der Waals surface area (Å²) in [5.41, 5.74) is 1.66. The average molecular weight is 433 g/mol. The third-order valence-electron chi connectivity index (χ3n) is 5.33. The van der Waals surface area contributed by atoms with Crippen molar-refractivity contribution in [3.05, 3.63) is 70.7 Å². The molecule has 0 aliphatic heterocycles. The fraction of sp³-hybridized carbons (Fsp3) is 0.391. The Morgan fingerprint density at radius 2 is 1.66 bits per heavy atom. The van der Waals surface area contributed by atoms with E-state index in [0.717, 1.165) is 36.8 Å². The highest BCUT2D eigenvalue weighted by Gasteiger charge is 2.32. The van der Waals surface area contributed by atoms with Crippen LogP contribution in [0.15, 0.2) is 54.6 Å². The summed E-state index contributed by atoms with van der Waals surface area (Å²) < 4.78 is 0. The molecular weight excluding hydrogens is 407 g/mol. The molecule has 1 fully saturated rings. The molecule has 1 N–H and O–H groups in total. The summed E-state index contributed by atoms with van der Waals surface area (Å²) in [6, 6.07) is 16.1. The summed E-state index contributed by atoms with van der Waals surface area (Å²) in [6.07, 6.45) is 5.38. The third kappa shape index (κ3) is 5.97. The highest BCUT2D eigenvalue weighted by Crippen LogP contribution is 2.27. The van der Waals surface area contributed by atoms with Crippen molar-refractivity contribution in [2.24, 2.45) is 0 Å². The Morgan fingerprint density at radius 1 is 1.00 bits per heavy atom. The Hall–Kier alpha value is -2.04. The van der Waals surface area contributed by atoms with Gasteiger partial charge >= 0.3 is 0 Å². The number of carbonyl (C=O) groups excluding carboxylic acids is 2. The van der Waals surface area contributed by atoms with E-state index in [2.05, 4.69) is 5.32 Å². The molecule has 2 aromatic rings. The van der Waals surface area contributed by atoms with E-state index in [1.54, 1.807) is 29.2 Å². The second-order valence-electron chi connectivity index (χ2n) is 7.44. The van der Waals surface area contributed by atoms with Gasteiger partial charge in [-0.3, -0.25) is 9.59 Å². The Labute approximate surface area is 182 Å². The molecule has 1 atom stereocenters. The topological polar surface area (TPSA) is 49.4 Å². The molecule has 1 aliphatic carbocycles. The van der Waals surface area contributed by atoms with Crippen molar-refractivity contribution in [2.75, 3.05) is 5.88 Å². The van der Waals surface area contributed by atoms with E-state index in [-0.39, 0.29) is 23.7 Å². The summed E-state index contributed by atoms with van der Waals surface area (Å²) in [4.78, 5) is 27.7. The van der Waals surface area contributed by atoms with Crippen LogP contribution in [0.5, 0.6) is 0 Å². The lowest BCUT2D eigenvalue weighted by Gasteiger charge is -2.33. The first-order chi connectivity index (χ1) is 14.1. The smallest absolute Gasteiger partial charge is 0.247 e. The molecule has 2 amide bonds. The van der Waals surface area contributed by atoms with Gasteiger partial charge in [-0.1, -0.05) is 73.3 Å². The van der Waals surface area contributed by atoms with Crippen molar-refractivity contribution in [1.29, 1.82) is 0 Å². The molecule has 0 radical (unpaired) electrons. The van der Waals surface area contributed by atoms with Gasteiger partial charge in [0.05, 0.1) is 0 Å². The highest BCUT2D eigenvalue weighted by molar-refractivity contribution is 6.30. The van der Waals surface area contributed by atoms with Crippen molar-refractivity contribution < 1.29 is 9.59 Å². The number of amides is 2. The zero-order valence-corrected chi connectivity index (χ0v) is 17.8. The molecule has 29 heavy (non-hydrogen) atoms. The maximum atomic E-state index is 13.4. The number of alkyl halides is 1. The van der Waals surface area contributed by atoms with E-state index in [9.17, 15) is 9.59 Å². The van der Waals surface area contributed by atoms with Gasteiger partial charge in [-0.2, -0.15) is 0 Å². The van der Waals surface area contributed by atoms with Crippen molar-refractivity contribution in [3.8, 4) is 0 Å². The fourth-order valence-electron chi connectivity index (χ4n) is 3.83. The van der Waals surface area contributed by atoms with Crippen LogP contribution in [0.25, 0.3) is 0 Å². The van der Waals surface area contributed by atoms with Gasteiger partial charge < -0.3 is 10.2 Å². The van der Waals surface area contributed by atoms with Crippen LogP contribution >= 0.6 is 23.2 Å². The van der Waals surface area contributed by atoms with Gasteiger partial charge in [0.15, 0.2) is 0 Å². The Bertz CT molecular complexity index is 805. The number of hydrogen-bond acceptors (Lipinski definition) is 2. The van der Waals surface area contributed by atoms with Gasteiger partial charge in [0, 0.05) is 17.6 Å². The summed E-state index contributed by atoms with van der Waals surface area (Å²) in [5.74, 6) is -0.643. The van der Waals surface area contributed by atoms with Crippen LogP contribution in [0.4, 0.5) is 0 Å². The first-order valence-corrected chi connectivity index (χ1v) is 10.9. The van der Waals surface area contributed by atoms with Crippen LogP contribution in [0.2, 0.25) is 5.02 Å². The molecule has 1 saturated carbocycles. The van der Waals surface area contributed by atoms with E-state index in [0.29, 0.717) is 11.6 Å². The lowest BCUT2D eigenvalue weighted by atomic mass is 9.94. The maximum Gasteiger partial charge on any atom is 0.247 e. The molecule has 154 valence electrons. The molecule has 0 saturated heterocycles. The summed E-state index contributed by atoms with van der Waals surface area (Å²) in [7, 11) is 0. The van der Waals surface area contributed by atoms with Crippen molar-refractivity contribution in [2.45, 2.75) is 50.7 Å². The molecule has 0 spiro atoms. The number of benzene rings is 2. The Morgan fingerprint density at radius 3 is 2.28 bits per heavy atom. The second-order valence-corrected chi connectivity index (χ2v) is 8.14. The average Bonchev–Trinajstić information content (AvgIpc) is 2.75. The largest absolute Gasteiger partial charge is 0.351 e. The third-order valence-corrected chi connectivity index (χ3v) is 5.81. The second kappa shape index (κ2) is 10.7. The summed E-state index contributed by atoms with van der Waals surface area (Å²) in [5, 5.41) is 3.75. The predicted molar refractivity (Wildman–Crippen MR) is 117 cm³/mol. The van der Waals surface area contributed by atoms with Crippen LogP contribution in [0.3, 0.4) is 0 Å². The minimum atomic E-state index is -0.763. The molecule has 1 unspecified atom stereocenters. The standard InChI is InChI=1S/C23H26Cl2N2O2/c24-15-21(28)27(16-17-7-3-1-4-8-17)22(18-11-13-19(25)14-12-18)23(29)26-20-9-5-2-6-10-20/h1,3-4,7-8,11-14,20,22H,2,5-6,9-10,15-16H2,(H,26,29). The van der Waals surface area contributed by atoms with Gasteiger partial charge in [0.1, 0.15) is 11.9 Å². The highest BCUT2D eigenvalue weighted by atomic mass is 35.5. The SMILES string of the molecule is O=C(NC1CCCCC1)C(c1ccc(Cl)cc1)N(Cc1ccccc1)C(=O)CCl. The zero-order chi connectivity index (χ0) is 20.6. The molecular formula is C23H26Cl2N2O2. The number of carbonyl (C=O) groups is 2. The van der Waals surface area contributed by atoms with Crippen molar-refractivity contribution in [3.63, 3.8) is 0 Å². The van der Waals surface area contributed by atoms with E-state index in [1.165, 1.54) is 6.42 Å². The monoisotopic (exact) mass is 432 g/mol. The predicted octanol–water partition coefficient (Wildman–Crippen LogP) is 5.10. The molecule has 2 aromatic carbocycles. The quantitative estimate of drug-likeness (QED) is 0.618. The lowest BCUT2D eigenvalue weighted by molar-refractivity contribution is -0.140. The van der Waals surface area contributed by atoms with E-state index < -0.39 is 6.04 Å². The molecule has 3 rings (SSSR count). The lowest BCUT2D eigenvalue weighted by Crippen LogP contribution is -2.47. The van der Waals surface area contributed by atoms with Gasteiger partial charge in [0.25, 0.3) is 0 Å². The van der Waals surface area contributed by atoms with E-state index >= 15 is 0 Å². The number of hydrogen-bond donors (Lipinski definition) is 1. The Kier molecular flexibility index (Phi) is 7.96. The molecule has 0 bridgehead atoms. The van der Waals surface area contributed by atoms with E-state index in [4.69, 9.17) is 23.2 Å². The number of halogens is 2. The van der Waals surface area contributed by atoms with Gasteiger partial charge in [0.2, 0.25) is 11.8 Å². The molecule has 1 aliphatic rings. The minimum absolute atomic E-state index is 0.149. The molecule has 0 heterocycles. The summed E-state index contributed by atoms with van der Waals surface area (Å²) >= 11 is 12.0. The van der Waals surface area contributed by atoms with E-state index in [1.807, 2.05) is 30.3 Å². The fourth-order valence-corrected chi connectivity index (χ4v) is 4.10. The number of nitrogens with zero attached hydrogens (tertiary/aromatic N) is 1. The number of nitrogens with one attached hydrogen (secondary N) is 1. The molecule has 0 aromatic heterocycles. The number of rotatable bonds is 7. The van der Waals surface area contributed by atoms with Crippen LogP contribution in [0, 0.1) is 0 Å². The first-order valence-electron chi connectivity index (χ1n) is 10.0. The van der Waals surface area contributed by atoms with Gasteiger partial charge in [-0.15, -0.1) is 11.6 Å². The van der Waals surface area contributed by atoms with Crippen molar-refractivity contribution >= 4 is 35.0 Å². The van der Waals surface area contributed by atoms with Crippen LogP contribution in [-0.2, 0) is 16.1 Å². The van der Waals surface area contributed by atoms with Gasteiger partial charge in [-0.25, -0.2) is 0 Å². The Balaban J connectivity index is 1.92. The molecule has 6 heteroatoms. The van der Waals surface area contributed by atoms with Crippen LogP contribution in [0.1, 0.15) is 49.3 Å². The normalized spacial score (nSPS) is 15.5. The maximum absolute atomic E-state index is 13.4. The van der Waals surface area contributed by atoms with Crippen LogP contribution < -0.4 is 5.32 Å². The zero-order valence-electron chi connectivity index (χ0n) is 16.3. The molecule has 4 nitrogen and oxygen atoms in total. The van der Waals surface area contributed by atoms with Gasteiger partial charge in [-0.05, 0) is 36.1 Å².